The summed E-state index contributed by atoms with van der Waals surface area (Å²) in [5.74, 6) is 0.376. The maximum atomic E-state index is 12.2. The van der Waals surface area contributed by atoms with E-state index in [1.165, 1.54) is 12.0 Å². The van der Waals surface area contributed by atoms with E-state index in [1.807, 2.05) is 6.07 Å². The molecule has 0 aromatic heterocycles. The molecule has 0 N–H and O–H groups in total. The van der Waals surface area contributed by atoms with E-state index < -0.39 is 0 Å². The highest BCUT2D eigenvalue weighted by Crippen LogP contribution is 2.35. The number of methoxy groups -OCH3 is 1. The van der Waals surface area contributed by atoms with Gasteiger partial charge in [0.1, 0.15) is 11.8 Å². The van der Waals surface area contributed by atoms with Crippen LogP contribution in [0.2, 0.25) is 5.02 Å². The van der Waals surface area contributed by atoms with E-state index in [2.05, 4.69) is 6.07 Å². The molecule has 5 nitrogen and oxygen atoms in total. The summed E-state index contributed by atoms with van der Waals surface area (Å²) in [4.78, 5) is 13.7. The predicted octanol–water partition coefficient (Wildman–Crippen LogP) is 3.56. The van der Waals surface area contributed by atoms with Crippen LogP contribution in [0.15, 0.2) is 36.4 Å². The highest BCUT2D eigenvalue weighted by molar-refractivity contribution is 6.32. The van der Waals surface area contributed by atoms with Crippen molar-refractivity contribution in [3.05, 3.63) is 52.5 Å². The van der Waals surface area contributed by atoms with Crippen LogP contribution in [-0.2, 0) is 4.74 Å². The number of nitrogens with zero attached hydrogens (tertiary/aromatic N) is 2. The van der Waals surface area contributed by atoms with Crippen molar-refractivity contribution in [1.82, 2.24) is 4.90 Å². The van der Waals surface area contributed by atoms with E-state index in [4.69, 9.17) is 21.1 Å². The molecule has 0 heterocycles. The molecule has 24 heavy (non-hydrogen) atoms. The highest BCUT2D eigenvalue weighted by Gasteiger charge is 2.14. The smallest absolute Gasteiger partial charge is 0.253 e. The molecule has 0 spiro atoms. The van der Waals surface area contributed by atoms with Crippen LogP contribution in [0.5, 0.6) is 5.75 Å². The Morgan fingerprint density at radius 1 is 1.29 bits per heavy atom. The highest BCUT2D eigenvalue weighted by atomic mass is 35.5. The minimum absolute atomic E-state index is 0.0472. The van der Waals surface area contributed by atoms with Gasteiger partial charge in [0.25, 0.3) is 5.91 Å². The molecule has 0 unspecified atom stereocenters. The van der Waals surface area contributed by atoms with Gasteiger partial charge >= 0.3 is 0 Å². The molecule has 0 radical (unpaired) electrons. The number of halogens is 1. The second-order valence-corrected chi connectivity index (χ2v) is 5.68. The van der Waals surface area contributed by atoms with Crippen molar-refractivity contribution in [2.24, 2.45) is 0 Å². The van der Waals surface area contributed by atoms with Gasteiger partial charge in [0.05, 0.1) is 10.6 Å². The Morgan fingerprint density at radius 3 is 2.67 bits per heavy atom. The molecule has 2 aromatic rings. The van der Waals surface area contributed by atoms with E-state index in [0.717, 1.165) is 5.56 Å². The van der Waals surface area contributed by atoms with Crippen LogP contribution in [-0.4, -0.2) is 38.8 Å². The zero-order valence-electron chi connectivity index (χ0n) is 13.7. The first kappa shape index (κ1) is 17.8. The van der Waals surface area contributed by atoms with Crippen molar-refractivity contribution < 1.29 is 14.3 Å². The standard InChI is InChI=1S/C18H17ClN2O3/c1-21(2)18(22)13-6-4-5-12(7-13)15-8-14(10-20)16(19)9-17(15)24-11-23-3/h4-9H,11H2,1-3H3. The fraction of sp³-hybridized carbons (Fsp3) is 0.222. The maximum absolute atomic E-state index is 12.2. The van der Waals surface area contributed by atoms with Crippen molar-refractivity contribution in [2.75, 3.05) is 28.0 Å². The van der Waals surface area contributed by atoms with Gasteiger partial charge in [0.2, 0.25) is 0 Å². The summed E-state index contributed by atoms with van der Waals surface area (Å²) in [6, 6.07) is 12.4. The molecule has 0 atom stereocenters. The van der Waals surface area contributed by atoms with Gasteiger partial charge < -0.3 is 14.4 Å². The molecular weight excluding hydrogens is 328 g/mol. The summed E-state index contributed by atoms with van der Waals surface area (Å²) in [5.41, 5.74) is 2.30. The van der Waals surface area contributed by atoms with Crippen LogP contribution in [0.3, 0.4) is 0 Å². The zero-order valence-corrected chi connectivity index (χ0v) is 14.4. The molecule has 2 rings (SSSR count). The van der Waals surface area contributed by atoms with Crippen LogP contribution < -0.4 is 4.74 Å². The second kappa shape index (κ2) is 7.82. The monoisotopic (exact) mass is 344 g/mol. The lowest BCUT2D eigenvalue weighted by molar-refractivity contribution is 0.0515. The number of carbonyl (C=O) groups excluding carboxylic acids is 1. The Kier molecular flexibility index (Phi) is 5.80. The molecule has 0 aliphatic heterocycles. The topological polar surface area (TPSA) is 62.6 Å². The molecule has 0 fully saturated rings. The summed E-state index contributed by atoms with van der Waals surface area (Å²) in [6.07, 6.45) is 0. The Bertz CT molecular complexity index is 797. The summed E-state index contributed by atoms with van der Waals surface area (Å²) in [5, 5.41) is 9.51. The average Bonchev–Trinajstić information content (AvgIpc) is 2.59. The van der Waals surface area contributed by atoms with Gasteiger partial charge in [-0.1, -0.05) is 23.7 Å². The molecule has 0 saturated carbocycles. The average molecular weight is 345 g/mol. The van der Waals surface area contributed by atoms with Gasteiger partial charge in [-0.2, -0.15) is 5.26 Å². The number of carbonyl (C=O) groups is 1. The molecule has 0 aliphatic carbocycles. The van der Waals surface area contributed by atoms with Gasteiger partial charge in [-0.3, -0.25) is 4.79 Å². The maximum Gasteiger partial charge on any atom is 0.253 e. The van der Waals surface area contributed by atoms with E-state index in [1.54, 1.807) is 44.4 Å². The van der Waals surface area contributed by atoms with Crippen molar-refractivity contribution in [1.29, 1.82) is 5.26 Å². The van der Waals surface area contributed by atoms with E-state index in [9.17, 15) is 10.1 Å². The van der Waals surface area contributed by atoms with Gasteiger partial charge in [-0.15, -0.1) is 0 Å². The van der Waals surface area contributed by atoms with Gasteiger partial charge in [-0.25, -0.2) is 0 Å². The fourth-order valence-corrected chi connectivity index (χ4v) is 2.38. The second-order valence-electron chi connectivity index (χ2n) is 5.27. The summed E-state index contributed by atoms with van der Waals surface area (Å²) in [6.45, 7) is 0.0472. The van der Waals surface area contributed by atoms with Gasteiger partial charge in [-0.05, 0) is 23.8 Å². The molecule has 2 aromatic carbocycles. The minimum atomic E-state index is -0.106. The Labute approximate surface area is 146 Å². The molecule has 0 bridgehead atoms. The first-order valence-electron chi connectivity index (χ1n) is 7.15. The van der Waals surface area contributed by atoms with Crippen molar-refractivity contribution in [3.8, 4) is 22.9 Å². The molecule has 6 heteroatoms. The molecule has 0 saturated heterocycles. The van der Waals surface area contributed by atoms with Crippen molar-refractivity contribution in [2.45, 2.75) is 0 Å². The largest absolute Gasteiger partial charge is 0.467 e. The SMILES string of the molecule is COCOc1cc(Cl)c(C#N)cc1-c1cccc(C(=O)N(C)C)c1. The van der Waals surface area contributed by atoms with Crippen LogP contribution in [0, 0.1) is 11.3 Å². The lowest BCUT2D eigenvalue weighted by Gasteiger charge is -2.14. The van der Waals surface area contributed by atoms with Crippen molar-refractivity contribution >= 4 is 17.5 Å². The number of ether oxygens (including phenoxy) is 2. The minimum Gasteiger partial charge on any atom is -0.467 e. The quantitative estimate of drug-likeness (QED) is 0.778. The third-order valence-electron chi connectivity index (χ3n) is 3.35. The van der Waals surface area contributed by atoms with Gasteiger partial charge in [0.15, 0.2) is 6.79 Å². The number of hydrogen-bond donors (Lipinski definition) is 0. The van der Waals surface area contributed by atoms with Crippen LogP contribution in [0.1, 0.15) is 15.9 Å². The van der Waals surface area contributed by atoms with E-state index in [0.29, 0.717) is 27.5 Å². The Balaban J connectivity index is 2.56. The number of hydrogen-bond acceptors (Lipinski definition) is 4. The Morgan fingerprint density at radius 2 is 2.04 bits per heavy atom. The molecule has 0 aliphatic rings. The first-order valence-corrected chi connectivity index (χ1v) is 7.53. The number of amides is 1. The predicted molar refractivity (Wildman–Crippen MR) is 92.1 cm³/mol. The summed E-state index contributed by atoms with van der Waals surface area (Å²) >= 11 is 6.09. The molecular formula is C18H17ClN2O3. The zero-order chi connectivity index (χ0) is 17.7. The third kappa shape index (κ3) is 3.85. The summed E-state index contributed by atoms with van der Waals surface area (Å²) in [7, 11) is 4.90. The van der Waals surface area contributed by atoms with Crippen LogP contribution in [0.25, 0.3) is 11.1 Å². The van der Waals surface area contributed by atoms with Crippen molar-refractivity contribution in [3.63, 3.8) is 0 Å². The lowest BCUT2D eigenvalue weighted by atomic mass is 9.99. The van der Waals surface area contributed by atoms with E-state index in [-0.39, 0.29) is 12.7 Å². The number of nitriles is 1. The summed E-state index contributed by atoms with van der Waals surface area (Å²) < 4.78 is 10.5. The Hall–Kier alpha value is -2.55. The van der Waals surface area contributed by atoms with E-state index >= 15 is 0 Å². The first-order chi connectivity index (χ1) is 11.5. The van der Waals surface area contributed by atoms with Crippen LogP contribution >= 0.6 is 11.6 Å². The fourth-order valence-electron chi connectivity index (χ4n) is 2.19. The number of benzene rings is 2. The lowest BCUT2D eigenvalue weighted by Crippen LogP contribution is -2.21. The van der Waals surface area contributed by atoms with Crippen LogP contribution in [0.4, 0.5) is 0 Å². The normalized spacial score (nSPS) is 10.1. The molecule has 124 valence electrons. The van der Waals surface area contributed by atoms with Gasteiger partial charge in [0, 0.05) is 38.4 Å². The third-order valence-corrected chi connectivity index (χ3v) is 3.66. The number of rotatable bonds is 5. The molecule has 1 amide bonds.